The molecule has 36 heavy (non-hydrogen) atoms. The number of hydrogen-bond donors (Lipinski definition) is 3. The number of halogens is 6. The molecule has 1 unspecified atom stereocenters. The summed E-state index contributed by atoms with van der Waals surface area (Å²) in [4.78, 5) is 22.4. The number of nitrogens with one attached hydrogen (secondary N) is 3. The van der Waals surface area contributed by atoms with Crippen LogP contribution in [-0.4, -0.2) is 19.2 Å². The van der Waals surface area contributed by atoms with Crippen LogP contribution >= 0.6 is 23.2 Å². The van der Waals surface area contributed by atoms with Crippen molar-refractivity contribution in [3.63, 3.8) is 0 Å². The van der Waals surface area contributed by atoms with Crippen LogP contribution in [0.4, 0.5) is 17.6 Å². The molecule has 1 amide bonds. The number of benzene rings is 3. The molecule has 0 spiro atoms. The quantitative estimate of drug-likeness (QED) is 0.204. The minimum absolute atomic E-state index is 0.0174. The van der Waals surface area contributed by atoms with Crippen LogP contribution in [0.25, 0.3) is 16.5 Å². The molecule has 1 aliphatic heterocycles. The second kappa shape index (κ2) is 9.98. The number of carbonyl (C=O) groups is 1. The first-order valence-corrected chi connectivity index (χ1v) is 11.0. The molecular weight excluding hydrogens is 525 g/mol. The lowest BCUT2D eigenvalue weighted by Crippen LogP contribution is -2.42. The Bertz CT molecular complexity index is 1370. The van der Waals surface area contributed by atoms with Gasteiger partial charge >= 0.3 is 6.18 Å². The molecule has 3 aromatic rings. The fraction of sp³-hybridized carbons (Fsp3) is 0.125. The number of hydrogen-bond acceptors (Lipinski definition) is 5. The number of rotatable bonds is 6. The van der Waals surface area contributed by atoms with E-state index in [1.165, 1.54) is 31.6 Å². The first kappa shape index (κ1) is 25.8. The maximum absolute atomic E-state index is 14.3. The van der Waals surface area contributed by atoms with Gasteiger partial charge in [-0.25, -0.2) is 4.39 Å². The predicted molar refractivity (Wildman–Crippen MR) is 127 cm³/mol. The third-order valence-electron chi connectivity index (χ3n) is 5.45. The van der Waals surface area contributed by atoms with Crippen molar-refractivity contribution in [1.82, 2.24) is 16.3 Å². The van der Waals surface area contributed by atoms with Gasteiger partial charge < -0.3 is 5.32 Å². The average molecular weight is 542 g/mol. The van der Waals surface area contributed by atoms with E-state index in [-0.39, 0.29) is 11.3 Å². The zero-order chi connectivity index (χ0) is 26.1. The van der Waals surface area contributed by atoms with Crippen molar-refractivity contribution < 1.29 is 32.0 Å². The SMILES string of the molecule is CON/C=C/NC(=O)c1ccc(C2=CC(c3cc(Cl)c(F)c(Cl)c3)(C(F)(F)F)ON2)c2ccccc12. The van der Waals surface area contributed by atoms with Gasteiger partial charge in [0.25, 0.3) is 5.91 Å². The van der Waals surface area contributed by atoms with Gasteiger partial charge in [0.1, 0.15) is 0 Å². The van der Waals surface area contributed by atoms with Crippen molar-refractivity contribution in [2.45, 2.75) is 11.8 Å². The Kier molecular flexibility index (Phi) is 7.14. The minimum Gasteiger partial charge on any atom is -0.327 e. The first-order valence-electron chi connectivity index (χ1n) is 10.2. The summed E-state index contributed by atoms with van der Waals surface area (Å²) in [6, 6.07) is 11.3. The highest BCUT2D eigenvalue weighted by Crippen LogP contribution is 2.49. The fourth-order valence-electron chi connectivity index (χ4n) is 3.78. The van der Waals surface area contributed by atoms with Crippen LogP contribution in [0.2, 0.25) is 10.0 Å². The summed E-state index contributed by atoms with van der Waals surface area (Å²) in [7, 11) is 1.40. The Morgan fingerprint density at radius 3 is 2.39 bits per heavy atom. The van der Waals surface area contributed by atoms with Crippen LogP contribution in [0, 0.1) is 5.82 Å². The standard InChI is InChI=1S/C24H17Cl2F4N3O3/c1-35-32-9-8-31-22(34)17-7-6-16(14-4-2-3-5-15(14)17)20-12-23(36-33-20,24(28,29)30)13-10-18(25)21(27)19(26)11-13/h2-12,32-33H,1H3,(H,31,34)/b9-8+. The Morgan fingerprint density at radius 2 is 1.75 bits per heavy atom. The van der Waals surface area contributed by atoms with Gasteiger partial charge in [-0.15, -0.1) is 0 Å². The van der Waals surface area contributed by atoms with E-state index in [2.05, 4.69) is 21.1 Å². The molecule has 1 heterocycles. The Morgan fingerprint density at radius 1 is 1.08 bits per heavy atom. The summed E-state index contributed by atoms with van der Waals surface area (Å²) in [6.45, 7) is 0. The molecule has 0 saturated heterocycles. The largest absolute Gasteiger partial charge is 0.428 e. The molecule has 0 aliphatic carbocycles. The van der Waals surface area contributed by atoms with Gasteiger partial charge in [0.2, 0.25) is 5.60 Å². The molecule has 0 bridgehead atoms. The zero-order valence-corrected chi connectivity index (χ0v) is 19.9. The minimum atomic E-state index is -4.97. The van der Waals surface area contributed by atoms with Gasteiger partial charge in [0.05, 0.1) is 22.9 Å². The van der Waals surface area contributed by atoms with Gasteiger partial charge in [-0.05, 0) is 35.0 Å². The Labute approximate surface area is 212 Å². The summed E-state index contributed by atoms with van der Waals surface area (Å²) in [5.41, 5.74) is 1.86. The number of fused-ring (bicyclic) bond motifs is 1. The van der Waals surface area contributed by atoms with E-state index >= 15 is 0 Å². The topological polar surface area (TPSA) is 71.6 Å². The Balaban J connectivity index is 1.81. The van der Waals surface area contributed by atoms with Crippen molar-refractivity contribution in [3.8, 4) is 0 Å². The third kappa shape index (κ3) is 4.60. The lowest BCUT2D eigenvalue weighted by molar-refractivity contribution is -0.269. The zero-order valence-electron chi connectivity index (χ0n) is 18.3. The monoisotopic (exact) mass is 541 g/mol. The van der Waals surface area contributed by atoms with Crippen molar-refractivity contribution in [3.05, 3.63) is 99.6 Å². The van der Waals surface area contributed by atoms with Gasteiger partial charge in [-0.3, -0.25) is 25.4 Å². The second-order valence-electron chi connectivity index (χ2n) is 7.58. The van der Waals surface area contributed by atoms with Gasteiger partial charge in [0.15, 0.2) is 5.82 Å². The second-order valence-corrected chi connectivity index (χ2v) is 8.40. The smallest absolute Gasteiger partial charge is 0.327 e. The summed E-state index contributed by atoms with van der Waals surface area (Å²) in [6.07, 6.45) is -1.44. The van der Waals surface area contributed by atoms with Crippen LogP contribution in [0.3, 0.4) is 0 Å². The molecule has 1 aliphatic rings. The summed E-state index contributed by atoms with van der Waals surface area (Å²) in [5.74, 6) is -1.49. The van der Waals surface area contributed by atoms with E-state index in [1.54, 1.807) is 24.3 Å². The van der Waals surface area contributed by atoms with E-state index in [4.69, 9.17) is 28.0 Å². The van der Waals surface area contributed by atoms with Crippen LogP contribution in [0.1, 0.15) is 21.5 Å². The number of amides is 1. The molecule has 0 saturated carbocycles. The van der Waals surface area contributed by atoms with E-state index in [0.717, 1.165) is 18.2 Å². The van der Waals surface area contributed by atoms with Crippen LogP contribution in [-0.2, 0) is 15.3 Å². The van der Waals surface area contributed by atoms with Crippen LogP contribution in [0.15, 0.2) is 67.0 Å². The van der Waals surface area contributed by atoms with Gasteiger partial charge in [-0.1, -0.05) is 53.5 Å². The average Bonchev–Trinajstić information content (AvgIpc) is 3.31. The Hall–Kier alpha value is -3.31. The fourth-order valence-corrected chi connectivity index (χ4v) is 4.26. The molecule has 0 radical (unpaired) electrons. The molecular formula is C24H17Cl2F4N3O3. The molecule has 0 fully saturated rings. The van der Waals surface area contributed by atoms with Gasteiger partial charge in [-0.2, -0.15) is 13.2 Å². The number of alkyl halides is 3. The summed E-state index contributed by atoms with van der Waals surface area (Å²) >= 11 is 11.5. The molecule has 3 N–H and O–H groups in total. The molecule has 12 heteroatoms. The van der Waals surface area contributed by atoms with E-state index < -0.39 is 39.1 Å². The highest BCUT2D eigenvalue weighted by molar-refractivity contribution is 6.35. The molecule has 3 aromatic carbocycles. The summed E-state index contributed by atoms with van der Waals surface area (Å²) in [5, 5.41) is 2.37. The maximum atomic E-state index is 14.3. The maximum Gasteiger partial charge on any atom is 0.428 e. The van der Waals surface area contributed by atoms with E-state index in [0.29, 0.717) is 16.3 Å². The van der Waals surface area contributed by atoms with Crippen LogP contribution in [0.5, 0.6) is 0 Å². The van der Waals surface area contributed by atoms with Crippen molar-refractivity contribution in [2.75, 3.05) is 7.11 Å². The van der Waals surface area contributed by atoms with Crippen molar-refractivity contribution in [1.29, 1.82) is 0 Å². The molecule has 4 rings (SSSR count). The van der Waals surface area contributed by atoms with Crippen molar-refractivity contribution >= 4 is 45.6 Å². The molecule has 188 valence electrons. The van der Waals surface area contributed by atoms with Gasteiger partial charge in [0, 0.05) is 29.1 Å². The lowest BCUT2D eigenvalue weighted by Gasteiger charge is -2.28. The predicted octanol–water partition coefficient (Wildman–Crippen LogP) is 5.97. The highest BCUT2D eigenvalue weighted by Gasteiger charge is 2.60. The lowest BCUT2D eigenvalue weighted by atomic mass is 9.90. The normalized spacial score (nSPS) is 17.8. The number of carbonyl (C=O) groups excluding carboxylic acids is 1. The highest BCUT2D eigenvalue weighted by atomic mass is 35.5. The number of hydroxylamine groups is 2. The van der Waals surface area contributed by atoms with Crippen LogP contribution < -0.4 is 16.3 Å². The first-order chi connectivity index (χ1) is 17.1. The third-order valence-corrected chi connectivity index (χ3v) is 6.00. The van der Waals surface area contributed by atoms with E-state index in [9.17, 15) is 22.4 Å². The molecule has 6 nitrogen and oxygen atoms in total. The summed E-state index contributed by atoms with van der Waals surface area (Å²) < 4.78 is 56.9. The molecule has 0 aromatic heterocycles. The van der Waals surface area contributed by atoms with Crippen molar-refractivity contribution in [2.24, 2.45) is 0 Å². The molecule has 1 atom stereocenters. The van der Waals surface area contributed by atoms with E-state index in [1.807, 2.05) is 0 Å².